The molecule has 15 atom stereocenters. The molecule has 0 aromatic heterocycles. The molecule has 91 heavy (non-hydrogen) atoms. The number of allylic oxidation sites excluding steroid dienone is 2. The molecule has 1 heterocycles. The Morgan fingerprint density at radius 2 is 0.901 bits per heavy atom. The molecule has 0 saturated carbocycles. The Hall–Kier alpha value is -4.77. The maximum absolute atomic E-state index is 15.2. The van der Waals surface area contributed by atoms with Crippen LogP contribution in [0.3, 0.4) is 0 Å². The lowest BCUT2D eigenvalue weighted by Crippen LogP contribution is -2.64. The van der Waals surface area contributed by atoms with E-state index in [0.717, 1.165) is 24.8 Å². The van der Waals surface area contributed by atoms with Crippen molar-refractivity contribution in [3.05, 3.63) is 12.2 Å². The second-order valence-electron chi connectivity index (χ2n) is 27.7. The smallest absolute Gasteiger partial charge is 0.336 e. The molecule has 0 bridgehead atoms. The van der Waals surface area contributed by atoms with E-state index in [0.29, 0.717) is 4.90 Å². The zero-order chi connectivity index (χ0) is 71.1. The number of carbonyl (C=O) groups excluding carboxylic acids is 11. The first-order valence-electron chi connectivity index (χ1n) is 32.4. The van der Waals surface area contributed by atoms with E-state index in [2.05, 4.69) is 23.2 Å². The molecule has 0 spiro atoms. The van der Waals surface area contributed by atoms with Crippen LogP contribution in [0.1, 0.15) is 175 Å². The Bertz CT molecular complexity index is 2500. The number of carbonyl (C=O) groups is 12. The Morgan fingerprint density at radius 1 is 0.516 bits per heavy atom. The van der Waals surface area contributed by atoms with E-state index in [4.69, 9.17) is 0 Å². The van der Waals surface area contributed by atoms with Crippen LogP contribution in [0.15, 0.2) is 12.2 Å². The van der Waals surface area contributed by atoms with Gasteiger partial charge in [-0.3, -0.25) is 52.7 Å². The molecular weight excluding hydrogens is 1220 g/mol. The van der Waals surface area contributed by atoms with Gasteiger partial charge in [-0.25, -0.2) is 4.79 Å². The summed E-state index contributed by atoms with van der Waals surface area (Å²) < 4.78 is 0. The number of rotatable bonds is 16. The Kier molecular flexibility index (Phi) is 38.4. The van der Waals surface area contributed by atoms with Crippen molar-refractivity contribution in [1.82, 2.24) is 39.6 Å². The number of Topliss-reactive ketones (excluding diaryl/α,β-unsaturated/α-hetero) is 3. The highest BCUT2D eigenvalue weighted by Crippen LogP contribution is 2.30. The second kappa shape index (κ2) is 40.5. The number of ketones is 3. The monoisotopic (exact) mass is 1340 g/mol. The number of hydrogen-bond donors (Lipinski definition) is 3. The molecular formula is C66H119N8O14P3. The summed E-state index contributed by atoms with van der Waals surface area (Å²) in [5, 5.41) is 25.5. The average Bonchev–Trinajstić information content (AvgIpc) is 0.850. The predicted octanol–water partition coefficient (Wildman–Crippen LogP) is 7.24. The van der Waals surface area contributed by atoms with Crippen LogP contribution in [0, 0.1) is 59.2 Å². The molecule has 1 fully saturated rings. The van der Waals surface area contributed by atoms with E-state index >= 15 is 14.4 Å². The Balaban J connectivity index is 0.0000264. The average molecular weight is 1340 g/mol. The minimum Gasteiger partial charge on any atom is -0.479 e. The van der Waals surface area contributed by atoms with Crippen molar-refractivity contribution < 1.29 is 67.7 Å². The molecule has 522 valence electrons. The number of likely N-dealkylation sites (N-methyl/N-ethyl adjacent to an activating group) is 7. The van der Waals surface area contributed by atoms with E-state index in [1.165, 1.54) is 68.8 Å². The zero-order valence-corrected chi connectivity index (χ0v) is 62.9. The molecule has 1 aliphatic rings. The van der Waals surface area contributed by atoms with Gasteiger partial charge in [0.2, 0.25) is 47.4 Å². The minimum absolute atomic E-state index is 0.0324. The molecule has 0 aromatic carbocycles. The van der Waals surface area contributed by atoms with Crippen molar-refractivity contribution in [2.45, 2.75) is 230 Å². The van der Waals surface area contributed by atoms with Crippen molar-refractivity contribution in [1.29, 1.82) is 0 Å². The van der Waals surface area contributed by atoms with Gasteiger partial charge in [-0.1, -0.05) is 131 Å². The van der Waals surface area contributed by atoms with Gasteiger partial charge < -0.3 is 49.8 Å². The van der Waals surface area contributed by atoms with Crippen LogP contribution in [-0.2, 0) is 57.5 Å². The normalized spacial score (nSPS) is 26.8. The van der Waals surface area contributed by atoms with Gasteiger partial charge in [-0.15, -0.1) is 17.9 Å². The van der Waals surface area contributed by atoms with Crippen LogP contribution < -0.4 is 5.32 Å². The van der Waals surface area contributed by atoms with Gasteiger partial charge in [0.05, 0.1) is 18.2 Å². The van der Waals surface area contributed by atoms with Crippen LogP contribution in [0.4, 0.5) is 0 Å². The molecule has 1 aliphatic heterocycles. The first kappa shape index (κ1) is 86.2. The summed E-state index contributed by atoms with van der Waals surface area (Å²) in [7, 11) is 15.5. The molecule has 0 aromatic rings. The summed E-state index contributed by atoms with van der Waals surface area (Å²) in [5.41, 5.74) is 0. The summed E-state index contributed by atoms with van der Waals surface area (Å²) >= 11 is 0. The lowest BCUT2D eigenvalue weighted by Gasteiger charge is -2.41. The number of nitrogens with one attached hydrogen (secondary N) is 1. The lowest BCUT2D eigenvalue weighted by molar-refractivity contribution is -0.160. The summed E-state index contributed by atoms with van der Waals surface area (Å²) in [6.45, 7) is 29.8. The number of aliphatic hydroxyl groups is 1. The number of carboxylic acid groups (broad SMARTS) is 1. The SMILES string of the molecule is C/C=C/C[C@@H](C)[C@@H](O)[C@H]1C(=O)N[C@@H](CC)C(=O)N(C)C(C(=O)O)C(=O)N(C)[C@@H](CC(C)C)C(=O)C[C@@H](C(C)C)C(=O)N(C)[C@@H](CC(C)C)C(=O)C[C@@H](C)C(=O)C[C@H](C)C(=O)N(C)[C@@H](CC(C)C)C(=O)N(C)[C@@H](CC(C)C)C(=O)N(C)[C@@H](C(C)C)C(=O)N1C.PPP. The third-order valence-corrected chi connectivity index (χ3v) is 17.4. The van der Waals surface area contributed by atoms with Crippen LogP contribution in [0.2, 0.25) is 0 Å². The van der Waals surface area contributed by atoms with E-state index < -0.39 is 167 Å². The van der Waals surface area contributed by atoms with Gasteiger partial charge >= 0.3 is 5.97 Å². The van der Waals surface area contributed by atoms with Gasteiger partial charge in [0, 0.05) is 86.3 Å². The van der Waals surface area contributed by atoms with Gasteiger partial charge in [-0.2, -0.15) is 0 Å². The van der Waals surface area contributed by atoms with Crippen molar-refractivity contribution in [2.75, 3.05) is 49.3 Å². The van der Waals surface area contributed by atoms with Gasteiger partial charge in [0.15, 0.2) is 11.6 Å². The molecule has 1 saturated heterocycles. The van der Waals surface area contributed by atoms with Crippen molar-refractivity contribution in [3.63, 3.8) is 0 Å². The summed E-state index contributed by atoms with van der Waals surface area (Å²) in [4.78, 5) is 183. The first-order chi connectivity index (χ1) is 42.0. The Morgan fingerprint density at radius 3 is 1.31 bits per heavy atom. The topological polar surface area (TPSA) is 280 Å². The standard InChI is InChI=1S/C66H114N8O14.H5P3/c1-25-27-28-42(15)57(78)55-58(79)67-46(26-2)61(82)74(24)56(66(87)88)65(86)69(19)48(30-37(5)6)53(77)35-45(40(11)12)60(81)68(18)47(29-36(3)4)52(76)33-43(16)51(75)34-44(17)59(80)70(20)49(31-38(7)8)62(83)71(21)50(32-39(9)10)63(84)72(22)54(41(13)14)64(85)73(55)23;1-3-2/h25,27,36-50,54-57,78H,26,28-35H2,1-24H3,(H,67,79)(H,87,88);3H,1-2H2/b27-25+;/t42-,43-,44+,45+,46+,47+,48+,49+,50+,54+,55+,56?,57-;/m1./s1. The van der Waals surface area contributed by atoms with E-state index in [9.17, 15) is 53.4 Å². The molecule has 0 aliphatic carbocycles. The predicted molar refractivity (Wildman–Crippen MR) is 366 cm³/mol. The third kappa shape index (κ3) is 25.1. The lowest BCUT2D eigenvalue weighted by atomic mass is 9.84. The first-order valence-corrected chi connectivity index (χ1v) is 37.0. The summed E-state index contributed by atoms with van der Waals surface area (Å²) in [6.07, 6.45) is 1.59. The molecule has 22 nitrogen and oxygen atoms in total. The number of nitrogens with zero attached hydrogens (tertiary/aromatic N) is 7. The highest BCUT2D eigenvalue weighted by Gasteiger charge is 2.47. The highest BCUT2D eigenvalue weighted by molar-refractivity contribution is 8.33. The third-order valence-electron chi connectivity index (χ3n) is 17.4. The van der Waals surface area contributed by atoms with Crippen LogP contribution in [-0.4, -0.2) is 219 Å². The van der Waals surface area contributed by atoms with Crippen LogP contribution in [0.25, 0.3) is 0 Å². The maximum Gasteiger partial charge on any atom is 0.336 e. The number of amides is 8. The van der Waals surface area contributed by atoms with Crippen molar-refractivity contribution in [2.24, 2.45) is 59.2 Å². The Labute approximate surface area is 552 Å². The van der Waals surface area contributed by atoms with Crippen molar-refractivity contribution >= 4 is 96.4 Å². The molecule has 1 rings (SSSR count). The van der Waals surface area contributed by atoms with Crippen molar-refractivity contribution in [3.8, 4) is 0 Å². The van der Waals surface area contributed by atoms with Crippen LogP contribution >= 0.6 is 25.8 Å². The fraction of sp³-hybridized carbons (Fsp3) is 0.788. The number of hydrogen-bond acceptors (Lipinski definition) is 13. The summed E-state index contributed by atoms with van der Waals surface area (Å²) in [5.74, 6) is -14.7. The largest absolute Gasteiger partial charge is 0.479 e. The molecule has 0 radical (unpaired) electrons. The van der Waals surface area contributed by atoms with Gasteiger partial charge in [0.1, 0.15) is 36.0 Å². The fourth-order valence-electron chi connectivity index (χ4n) is 11.8. The highest BCUT2D eigenvalue weighted by atomic mass is 32.4. The molecule has 25 heteroatoms. The second-order valence-corrected chi connectivity index (χ2v) is 32.0. The van der Waals surface area contributed by atoms with E-state index in [1.807, 2.05) is 41.5 Å². The molecule has 8 amide bonds. The van der Waals surface area contributed by atoms with E-state index in [1.54, 1.807) is 81.4 Å². The number of aliphatic hydroxyl groups excluding tert-OH is 1. The fourth-order valence-corrected chi connectivity index (χ4v) is 11.8. The number of carboxylic acids is 1. The molecule has 3 unspecified atom stereocenters. The maximum atomic E-state index is 15.2. The number of aliphatic carboxylic acids is 1. The quantitative estimate of drug-likeness (QED) is 0.0781. The van der Waals surface area contributed by atoms with E-state index in [-0.39, 0.29) is 75.0 Å². The summed E-state index contributed by atoms with van der Waals surface area (Å²) in [6, 6.07) is -11.4. The minimum atomic E-state index is -2.24. The zero-order valence-electron chi connectivity index (χ0n) is 59.6. The van der Waals surface area contributed by atoms with Gasteiger partial charge in [0.25, 0.3) is 5.91 Å². The van der Waals surface area contributed by atoms with Gasteiger partial charge in [-0.05, 0) is 86.9 Å². The van der Waals surface area contributed by atoms with Crippen LogP contribution in [0.5, 0.6) is 0 Å². The molecule has 3 N–H and O–H groups in total.